The predicted octanol–water partition coefficient (Wildman–Crippen LogP) is 2.01. The van der Waals surface area contributed by atoms with Gasteiger partial charge in [0.05, 0.1) is 25.2 Å². The maximum atomic E-state index is 11.4. The maximum Gasteiger partial charge on any atom is 0.161 e. The fourth-order valence-electron chi connectivity index (χ4n) is 2.42. The SMILES string of the molecule is COc1cc(CNC2CCS(=O)(=O)C2)ccc1OCC(C)C. The first-order chi connectivity index (χ1) is 10.4. The first kappa shape index (κ1) is 17.1. The van der Waals surface area contributed by atoms with Crippen molar-refractivity contribution in [1.29, 1.82) is 0 Å². The van der Waals surface area contributed by atoms with E-state index in [1.165, 1.54) is 0 Å². The summed E-state index contributed by atoms with van der Waals surface area (Å²) in [5, 5.41) is 3.30. The van der Waals surface area contributed by atoms with Crippen LogP contribution in [0.3, 0.4) is 0 Å². The number of rotatable bonds is 7. The van der Waals surface area contributed by atoms with Gasteiger partial charge in [0, 0.05) is 12.6 Å². The van der Waals surface area contributed by atoms with Crippen LogP contribution in [-0.2, 0) is 16.4 Å². The minimum absolute atomic E-state index is 0.0489. The maximum absolute atomic E-state index is 11.4. The van der Waals surface area contributed by atoms with Crippen LogP contribution in [0.5, 0.6) is 11.5 Å². The molecule has 1 fully saturated rings. The van der Waals surface area contributed by atoms with E-state index < -0.39 is 9.84 Å². The van der Waals surface area contributed by atoms with E-state index in [2.05, 4.69) is 19.2 Å². The molecule has 22 heavy (non-hydrogen) atoms. The largest absolute Gasteiger partial charge is 0.493 e. The van der Waals surface area contributed by atoms with Crippen molar-refractivity contribution < 1.29 is 17.9 Å². The van der Waals surface area contributed by atoms with Crippen molar-refractivity contribution in [1.82, 2.24) is 5.32 Å². The van der Waals surface area contributed by atoms with Gasteiger partial charge in [-0.05, 0) is 30.0 Å². The quantitative estimate of drug-likeness (QED) is 0.830. The number of benzene rings is 1. The van der Waals surface area contributed by atoms with Gasteiger partial charge in [-0.2, -0.15) is 0 Å². The molecule has 1 heterocycles. The second-order valence-electron chi connectivity index (χ2n) is 6.17. The van der Waals surface area contributed by atoms with Crippen molar-refractivity contribution in [3.8, 4) is 11.5 Å². The summed E-state index contributed by atoms with van der Waals surface area (Å²) in [5.41, 5.74) is 1.05. The Bertz CT molecular complexity index is 598. The molecule has 1 saturated heterocycles. The van der Waals surface area contributed by atoms with Crippen LogP contribution in [-0.4, -0.2) is 39.7 Å². The van der Waals surface area contributed by atoms with Gasteiger partial charge in [0.1, 0.15) is 0 Å². The number of ether oxygens (including phenoxy) is 2. The Morgan fingerprint density at radius 2 is 2.09 bits per heavy atom. The van der Waals surface area contributed by atoms with Crippen LogP contribution in [0.15, 0.2) is 18.2 Å². The highest BCUT2D eigenvalue weighted by molar-refractivity contribution is 7.91. The first-order valence-electron chi connectivity index (χ1n) is 7.63. The Morgan fingerprint density at radius 1 is 1.32 bits per heavy atom. The van der Waals surface area contributed by atoms with Crippen LogP contribution < -0.4 is 14.8 Å². The Labute approximate surface area is 132 Å². The van der Waals surface area contributed by atoms with Gasteiger partial charge in [0.15, 0.2) is 21.3 Å². The molecule has 6 heteroatoms. The average molecular weight is 327 g/mol. The lowest BCUT2D eigenvalue weighted by atomic mass is 10.1. The molecule has 0 aromatic heterocycles. The van der Waals surface area contributed by atoms with Crippen molar-refractivity contribution in [3.63, 3.8) is 0 Å². The Morgan fingerprint density at radius 3 is 2.68 bits per heavy atom. The van der Waals surface area contributed by atoms with Crippen LogP contribution in [0.25, 0.3) is 0 Å². The fourth-order valence-corrected chi connectivity index (χ4v) is 4.12. The summed E-state index contributed by atoms with van der Waals surface area (Å²) in [4.78, 5) is 0. The fraction of sp³-hybridized carbons (Fsp3) is 0.625. The second-order valence-corrected chi connectivity index (χ2v) is 8.40. The number of hydrogen-bond acceptors (Lipinski definition) is 5. The molecule has 1 aromatic carbocycles. The minimum atomic E-state index is -2.84. The summed E-state index contributed by atoms with van der Waals surface area (Å²) in [6.45, 7) is 5.47. The minimum Gasteiger partial charge on any atom is -0.493 e. The molecular formula is C16H25NO4S. The first-order valence-corrected chi connectivity index (χ1v) is 9.45. The standard InChI is InChI=1S/C16H25NO4S/c1-12(2)10-21-15-5-4-13(8-16(15)20-3)9-17-14-6-7-22(18,19)11-14/h4-5,8,12,14,17H,6-7,9-11H2,1-3H3. The van der Waals surface area contributed by atoms with Crippen LogP contribution >= 0.6 is 0 Å². The van der Waals surface area contributed by atoms with E-state index in [9.17, 15) is 8.42 Å². The van der Waals surface area contributed by atoms with Crippen molar-refractivity contribution in [2.75, 3.05) is 25.2 Å². The summed E-state index contributed by atoms with van der Waals surface area (Å²) in [6, 6.07) is 5.87. The Hall–Kier alpha value is -1.27. The van der Waals surface area contributed by atoms with Crippen molar-refractivity contribution >= 4 is 9.84 Å². The van der Waals surface area contributed by atoms with Crippen molar-refractivity contribution in [2.24, 2.45) is 5.92 Å². The zero-order valence-electron chi connectivity index (χ0n) is 13.5. The van der Waals surface area contributed by atoms with Crippen molar-refractivity contribution in [2.45, 2.75) is 32.9 Å². The topological polar surface area (TPSA) is 64.6 Å². The zero-order valence-corrected chi connectivity index (χ0v) is 14.3. The second kappa shape index (κ2) is 7.33. The smallest absolute Gasteiger partial charge is 0.161 e. The number of methoxy groups -OCH3 is 1. The molecule has 1 aliphatic heterocycles. The highest BCUT2D eigenvalue weighted by Crippen LogP contribution is 2.28. The van der Waals surface area contributed by atoms with Gasteiger partial charge in [-0.3, -0.25) is 0 Å². The van der Waals surface area contributed by atoms with Gasteiger partial charge in [0.2, 0.25) is 0 Å². The third-order valence-corrected chi connectivity index (χ3v) is 5.40. The van der Waals surface area contributed by atoms with E-state index in [0.29, 0.717) is 31.2 Å². The third-order valence-electron chi connectivity index (χ3n) is 3.63. The molecule has 5 nitrogen and oxygen atoms in total. The molecule has 1 aliphatic rings. The van der Waals surface area contributed by atoms with E-state index in [4.69, 9.17) is 9.47 Å². The molecule has 1 unspecified atom stereocenters. The van der Waals surface area contributed by atoms with Gasteiger partial charge in [-0.15, -0.1) is 0 Å². The van der Waals surface area contributed by atoms with Crippen LogP contribution in [0.2, 0.25) is 0 Å². The molecule has 0 saturated carbocycles. The highest BCUT2D eigenvalue weighted by atomic mass is 32.2. The Balaban J connectivity index is 1.94. The van der Waals surface area contributed by atoms with E-state index in [1.807, 2.05) is 18.2 Å². The molecule has 1 aromatic rings. The van der Waals surface area contributed by atoms with Gasteiger partial charge >= 0.3 is 0 Å². The lowest BCUT2D eigenvalue weighted by Crippen LogP contribution is -2.29. The Kier molecular flexibility index (Phi) is 5.69. The van der Waals surface area contributed by atoms with E-state index in [1.54, 1.807) is 7.11 Å². The lowest BCUT2D eigenvalue weighted by Gasteiger charge is -2.15. The van der Waals surface area contributed by atoms with Crippen LogP contribution in [0.4, 0.5) is 0 Å². The number of nitrogens with one attached hydrogen (secondary N) is 1. The van der Waals surface area contributed by atoms with E-state index in [-0.39, 0.29) is 17.5 Å². The molecule has 0 amide bonds. The molecule has 124 valence electrons. The van der Waals surface area contributed by atoms with E-state index in [0.717, 1.165) is 11.3 Å². The molecule has 0 radical (unpaired) electrons. The molecule has 2 rings (SSSR count). The summed E-state index contributed by atoms with van der Waals surface area (Å²) in [6.07, 6.45) is 0.690. The van der Waals surface area contributed by atoms with Crippen molar-refractivity contribution in [3.05, 3.63) is 23.8 Å². The van der Waals surface area contributed by atoms with Gasteiger partial charge in [-0.25, -0.2) is 8.42 Å². The number of hydrogen-bond donors (Lipinski definition) is 1. The average Bonchev–Trinajstić information content (AvgIpc) is 2.82. The third kappa shape index (κ3) is 4.88. The van der Waals surface area contributed by atoms with Crippen LogP contribution in [0.1, 0.15) is 25.8 Å². The van der Waals surface area contributed by atoms with Gasteiger partial charge < -0.3 is 14.8 Å². The molecule has 0 aliphatic carbocycles. The summed E-state index contributed by atoms with van der Waals surface area (Å²) < 4.78 is 34.0. The summed E-state index contributed by atoms with van der Waals surface area (Å²) in [5.74, 6) is 2.42. The monoisotopic (exact) mass is 327 g/mol. The molecule has 0 bridgehead atoms. The number of sulfone groups is 1. The van der Waals surface area contributed by atoms with Gasteiger partial charge in [0.25, 0.3) is 0 Å². The lowest BCUT2D eigenvalue weighted by molar-refractivity contribution is 0.256. The van der Waals surface area contributed by atoms with Gasteiger partial charge in [-0.1, -0.05) is 19.9 Å². The molecule has 1 atom stereocenters. The normalized spacial score (nSPS) is 20.3. The van der Waals surface area contributed by atoms with Crippen LogP contribution in [0, 0.1) is 5.92 Å². The molecular weight excluding hydrogens is 302 g/mol. The highest BCUT2D eigenvalue weighted by Gasteiger charge is 2.27. The summed E-state index contributed by atoms with van der Waals surface area (Å²) >= 11 is 0. The molecule has 1 N–H and O–H groups in total. The summed E-state index contributed by atoms with van der Waals surface area (Å²) in [7, 11) is -1.22. The molecule has 0 spiro atoms. The zero-order chi connectivity index (χ0) is 16.2. The predicted molar refractivity (Wildman–Crippen MR) is 87.2 cm³/mol. The van der Waals surface area contributed by atoms with E-state index >= 15 is 0 Å².